The highest BCUT2D eigenvalue weighted by atomic mass is 35.5. The van der Waals surface area contributed by atoms with Crippen molar-refractivity contribution in [3.05, 3.63) is 29.3 Å². The number of H-pyrrole nitrogens is 1. The highest BCUT2D eigenvalue weighted by Gasteiger charge is 2.15. The number of carbonyl (C=O) groups is 1. The molecule has 1 aliphatic rings. The molecular weight excluding hydrogens is 344 g/mol. The zero-order valence-corrected chi connectivity index (χ0v) is 15.0. The van der Waals surface area contributed by atoms with Crippen LogP contribution in [0, 0.1) is 5.92 Å². The number of benzene rings is 1. The molecule has 2 aromatic rings. The Bertz CT molecular complexity index is 667. The number of amides is 1. The minimum absolute atomic E-state index is 0.0448. The van der Waals surface area contributed by atoms with E-state index >= 15 is 0 Å². The molecule has 0 bridgehead atoms. The monoisotopic (exact) mass is 364 g/mol. The van der Waals surface area contributed by atoms with Gasteiger partial charge in [0.05, 0.1) is 5.75 Å². The first-order valence-corrected chi connectivity index (χ1v) is 9.65. The number of rotatable bonds is 6. The van der Waals surface area contributed by atoms with Crippen LogP contribution in [0.15, 0.2) is 29.4 Å². The summed E-state index contributed by atoms with van der Waals surface area (Å²) in [6.45, 7) is 0.795. The van der Waals surface area contributed by atoms with Crippen molar-refractivity contribution in [2.75, 3.05) is 12.3 Å². The van der Waals surface area contributed by atoms with Crippen LogP contribution >= 0.6 is 23.4 Å². The summed E-state index contributed by atoms with van der Waals surface area (Å²) in [4.78, 5) is 16.4. The van der Waals surface area contributed by atoms with E-state index in [0.29, 0.717) is 27.7 Å². The fraction of sp³-hybridized carbons (Fsp3) is 0.471. The van der Waals surface area contributed by atoms with Gasteiger partial charge in [-0.25, -0.2) is 4.98 Å². The Hall–Kier alpha value is -1.53. The molecule has 0 spiro atoms. The van der Waals surface area contributed by atoms with Crippen LogP contribution in [-0.2, 0) is 4.79 Å². The van der Waals surface area contributed by atoms with Gasteiger partial charge < -0.3 is 5.32 Å². The Kier molecular flexibility index (Phi) is 6.15. The van der Waals surface area contributed by atoms with Gasteiger partial charge in [-0.3, -0.25) is 9.89 Å². The minimum Gasteiger partial charge on any atom is -0.355 e. The van der Waals surface area contributed by atoms with Gasteiger partial charge in [-0.05, 0) is 43.0 Å². The maximum Gasteiger partial charge on any atom is 0.230 e. The van der Waals surface area contributed by atoms with E-state index in [1.54, 1.807) is 0 Å². The third kappa shape index (κ3) is 4.98. The molecule has 128 valence electrons. The quantitative estimate of drug-likeness (QED) is 0.762. The Morgan fingerprint density at radius 1 is 1.25 bits per heavy atom. The summed E-state index contributed by atoms with van der Waals surface area (Å²) in [6, 6.07) is 7.39. The molecule has 2 N–H and O–H groups in total. The summed E-state index contributed by atoms with van der Waals surface area (Å²) < 4.78 is 0. The van der Waals surface area contributed by atoms with Gasteiger partial charge in [-0.15, -0.1) is 5.10 Å². The topological polar surface area (TPSA) is 70.7 Å². The average Bonchev–Trinajstić information content (AvgIpc) is 3.09. The molecule has 3 rings (SSSR count). The average molecular weight is 365 g/mol. The number of carbonyl (C=O) groups excluding carboxylic acids is 1. The summed E-state index contributed by atoms with van der Waals surface area (Å²) in [7, 11) is 0. The lowest BCUT2D eigenvalue weighted by molar-refractivity contribution is -0.118. The van der Waals surface area contributed by atoms with Crippen LogP contribution in [0.1, 0.15) is 32.1 Å². The number of aromatic nitrogens is 3. The number of halogens is 1. The lowest BCUT2D eigenvalue weighted by Crippen LogP contribution is -2.31. The number of hydrogen-bond donors (Lipinski definition) is 2. The number of hydrogen-bond acceptors (Lipinski definition) is 4. The van der Waals surface area contributed by atoms with E-state index in [4.69, 9.17) is 11.6 Å². The molecule has 1 heterocycles. The number of nitrogens with one attached hydrogen (secondary N) is 2. The van der Waals surface area contributed by atoms with Crippen molar-refractivity contribution in [2.24, 2.45) is 5.92 Å². The lowest BCUT2D eigenvalue weighted by atomic mass is 9.89. The van der Waals surface area contributed by atoms with Gasteiger partial charge >= 0.3 is 0 Å². The highest BCUT2D eigenvalue weighted by Crippen LogP contribution is 2.23. The van der Waals surface area contributed by atoms with Gasteiger partial charge in [-0.1, -0.05) is 42.6 Å². The van der Waals surface area contributed by atoms with Gasteiger partial charge in [0, 0.05) is 17.1 Å². The molecule has 1 aromatic carbocycles. The Morgan fingerprint density at radius 2 is 2.00 bits per heavy atom. The zero-order chi connectivity index (χ0) is 16.8. The van der Waals surface area contributed by atoms with Crippen LogP contribution in [0.5, 0.6) is 0 Å². The standard InChI is InChI=1S/C17H21ClN4OS/c18-14-8-6-13(7-9-14)16-20-17(22-21-16)24-11-15(23)19-10-12-4-2-1-3-5-12/h6-9,12H,1-5,10-11H2,(H,19,23)(H,20,21,22). The maximum absolute atomic E-state index is 12.0. The van der Waals surface area contributed by atoms with Crippen molar-refractivity contribution >= 4 is 29.3 Å². The molecule has 1 saturated carbocycles. The van der Waals surface area contributed by atoms with Crippen LogP contribution in [0.25, 0.3) is 11.4 Å². The van der Waals surface area contributed by atoms with Gasteiger partial charge in [0.2, 0.25) is 11.1 Å². The van der Waals surface area contributed by atoms with Crippen molar-refractivity contribution in [2.45, 2.75) is 37.3 Å². The fourth-order valence-electron chi connectivity index (χ4n) is 2.88. The zero-order valence-electron chi connectivity index (χ0n) is 13.4. The van der Waals surface area contributed by atoms with Crippen LogP contribution < -0.4 is 5.32 Å². The molecular formula is C17H21ClN4OS. The van der Waals surface area contributed by atoms with Crippen LogP contribution in [0.2, 0.25) is 5.02 Å². The van der Waals surface area contributed by atoms with E-state index < -0.39 is 0 Å². The van der Waals surface area contributed by atoms with Crippen molar-refractivity contribution < 1.29 is 4.79 Å². The second kappa shape index (κ2) is 8.53. The Morgan fingerprint density at radius 3 is 2.75 bits per heavy atom. The minimum atomic E-state index is 0.0448. The third-order valence-electron chi connectivity index (χ3n) is 4.23. The van der Waals surface area contributed by atoms with Crippen LogP contribution in [0.4, 0.5) is 0 Å². The van der Waals surface area contributed by atoms with E-state index in [1.165, 1.54) is 43.9 Å². The first kappa shape index (κ1) is 17.3. The van der Waals surface area contributed by atoms with Gasteiger partial charge in [0.15, 0.2) is 5.82 Å². The molecule has 0 radical (unpaired) electrons. The fourth-order valence-corrected chi connectivity index (χ4v) is 3.63. The summed E-state index contributed by atoms with van der Waals surface area (Å²) in [6.07, 6.45) is 6.39. The summed E-state index contributed by atoms with van der Waals surface area (Å²) in [5, 5.41) is 11.3. The number of thioether (sulfide) groups is 1. The molecule has 5 nitrogen and oxygen atoms in total. The molecule has 0 unspecified atom stereocenters. The normalized spacial score (nSPS) is 15.4. The maximum atomic E-state index is 12.0. The molecule has 0 atom stereocenters. The van der Waals surface area contributed by atoms with E-state index in [0.717, 1.165) is 12.1 Å². The number of aromatic amines is 1. The summed E-state index contributed by atoms with van der Waals surface area (Å²) in [5.74, 6) is 1.71. The second-order valence-corrected chi connectivity index (χ2v) is 7.45. The SMILES string of the molecule is O=C(CSc1n[nH]c(-c2ccc(Cl)cc2)n1)NCC1CCCCC1. The molecule has 1 aliphatic carbocycles. The second-order valence-electron chi connectivity index (χ2n) is 6.07. The van der Waals surface area contributed by atoms with Crippen molar-refractivity contribution in [1.29, 1.82) is 0 Å². The van der Waals surface area contributed by atoms with Crippen LogP contribution in [0.3, 0.4) is 0 Å². The van der Waals surface area contributed by atoms with Crippen molar-refractivity contribution in [3.63, 3.8) is 0 Å². The van der Waals surface area contributed by atoms with Crippen molar-refractivity contribution in [3.8, 4) is 11.4 Å². The highest BCUT2D eigenvalue weighted by molar-refractivity contribution is 7.99. The third-order valence-corrected chi connectivity index (χ3v) is 5.33. The van der Waals surface area contributed by atoms with E-state index in [1.807, 2.05) is 24.3 Å². The van der Waals surface area contributed by atoms with E-state index in [-0.39, 0.29) is 5.91 Å². The number of nitrogens with zero attached hydrogens (tertiary/aromatic N) is 2. The summed E-state index contributed by atoms with van der Waals surface area (Å²) >= 11 is 7.22. The van der Waals surface area contributed by atoms with Crippen molar-refractivity contribution in [1.82, 2.24) is 20.5 Å². The molecule has 0 aliphatic heterocycles. The predicted octanol–water partition coefficient (Wildman–Crippen LogP) is 3.91. The molecule has 1 aromatic heterocycles. The van der Waals surface area contributed by atoms with Gasteiger partial charge in [0.25, 0.3) is 0 Å². The first-order chi connectivity index (χ1) is 11.7. The van der Waals surface area contributed by atoms with E-state index in [9.17, 15) is 4.79 Å². The molecule has 7 heteroatoms. The molecule has 24 heavy (non-hydrogen) atoms. The summed E-state index contributed by atoms with van der Waals surface area (Å²) in [5.41, 5.74) is 0.917. The van der Waals surface area contributed by atoms with E-state index in [2.05, 4.69) is 20.5 Å². The largest absolute Gasteiger partial charge is 0.355 e. The Labute approximate surface area is 151 Å². The molecule has 0 saturated heterocycles. The van der Waals surface area contributed by atoms with Crippen LogP contribution in [-0.4, -0.2) is 33.4 Å². The van der Waals surface area contributed by atoms with Gasteiger partial charge in [0.1, 0.15) is 0 Å². The smallest absolute Gasteiger partial charge is 0.230 e. The van der Waals surface area contributed by atoms with Gasteiger partial charge in [-0.2, -0.15) is 0 Å². The molecule has 1 fully saturated rings. The first-order valence-electron chi connectivity index (χ1n) is 8.28. The molecule has 1 amide bonds. The Balaban J connectivity index is 1.44. The predicted molar refractivity (Wildman–Crippen MR) is 97.1 cm³/mol. The lowest BCUT2D eigenvalue weighted by Gasteiger charge is -2.21.